The van der Waals surface area contributed by atoms with E-state index in [1.54, 1.807) is 31.6 Å². The minimum Gasteiger partial charge on any atom is -0.469 e. The number of nitrogens with zero attached hydrogens (tertiary/aromatic N) is 4. The maximum absolute atomic E-state index is 11.5. The number of guanidine groups is 1. The van der Waals surface area contributed by atoms with Crippen LogP contribution in [-0.2, 0) is 4.79 Å². The van der Waals surface area contributed by atoms with Gasteiger partial charge in [-0.15, -0.1) is 17.0 Å². The van der Waals surface area contributed by atoms with Crippen molar-refractivity contribution in [2.24, 2.45) is 4.99 Å². The Balaban J connectivity index is 0.00000341. The number of aliphatic imine (C=N–C) groups is 1. The fourth-order valence-corrected chi connectivity index (χ4v) is 3.36. The molecule has 1 unspecified atom stereocenters. The molecule has 0 aliphatic carbocycles. The number of carbonyl (C=O) groups excluding carboxylic acids is 1. The van der Waals surface area contributed by atoms with E-state index in [-0.39, 0.29) is 22.9 Å². The fourth-order valence-electron chi connectivity index (χ4n) is 3.36. The van der Waals surface area contributed by atoms with Crippen molar-refractivity contribution in [2.75, 3.05) is 45.1 Å². The highest BCUT2D eigenvalue weighted by molar-refractivity contribution is 8.93. The monoisotopic (exact) mass is 489 g/mol. The van der Waals surface area contributed by atoms with Gasteiger partial charge in [0.1, 0.15) is 17.6 Å². The third kappa shape index (κ3) is 7.00. The van der Waals surface area contributed by atoms with Gasteiger partial charge in [-0.25, -0.2) is 4.98 Å². The number of furan rings is 1. The zero-order chi connectivity index (χ0) is 21.2. The Morgan fingerprint density at radius 3 is 3.00 bits per heavy atom. The quantitative estimate of drug-likeness (QED) is 0.295. The molecule has 1 atom stereocenters. The predicted octanol–water partition coefficient (Wildman–Crippen LogP) is 2.11. The molecule has 3 rings (SSSR count). The first-order valence-corrected chi connectivity index (χ1v) is 10.1. The number of rotatable bonds is 8. The Bertz CT molecular complexity index is 895. The summed E-state index contributed by atoms with van der Waals surface area (Å²) in [4.78, 5) is 22.6. The van der Waals surface area contributed by atoms with Crippen LogP contribution in [0.2, 0.25) is 0 Å². The van der Waals surface area contributed by atoms with Gasteiger partial charge in [0, 0.05) is 51.8 Å². The molecule has 9 nitrogen and oxygen atoms in total. The number of hydrogen-bond donors (Lipinski definition) is 3. The molecule has 1 fully saturated rings. The summed E-state index contributed by atoms with van der Waals surface area (Å²) in [6.07, 6.45) is 4.69. The minimum atomic E-state index is -0.0335. The number of hydrogen-bond acceptors (Lipinski definition) is 6. The number of carbonyl (C=O) groups is 1. The molecule has 2 aromatic rings. The Kier molecular flexibility index (Phi) is 9.84. The molecule has 0 aromatic carbocycles. The van der Waals surface area contributed by atoms with Crippen LogP contribution in [0.25, 0.3) is 0 Å². The van der Waals surface area contributed by atoms with Gasteiger partial charge < -0.3 is 25.3 Å². The van der Waals surface area contributed by atoms with Crippen molar-refractivity contribution in [3.63, 3.8) is 0 Å². The summed E-state index contributed by atoms with van der Waals surface area (Å²) in [5, 5.41) is 18.3. The topological polar surface area (TPSA) is 119 Å². The number of halogens is 1. The molecule has 1 aliphatic heterocycles. The van der Waals surface area contributed by atoms with Crippen LogP contribution < -0.4 is 16.0 Å². The Labute approximate surface area is 192 Å². The van der Waals surface area contributed by atoms with E-state index < -0.39 is 0 Å². The number of anilines is 1. The van der Waals surface area contributed by atoms with E-state index in [0.29, 0.717) is 43.4 Å². The van der Waals surface area contributed by atoms with Crippen LogP contribution >= 0.6 is 17.0 Å². The summed E-state index contributed by atoms with van der Waals surface area (Å²) in [6.45, 7) is 3.27. The van der Waals surface area contributed by atoms with E-state index in [1.807, 2.05) is 12.1 Å². The molecule has 1 aliphatic rings. The van der Waals surface area contributed by atoms with E-state index in [4.69, 9.17) is 9.68 Å². The summed E-state index contributed by atoms with van der Waals surface area (Å²) in [5.41, 5.74) is 0.512. The lowest BCUT2D eigenvalue weighted by atomic mass is 10.1. The summed E-state index contributed by atoms with van der Waals surface area (Å²) < 4.78 is 5.56. The molecule has 10 heteroatoms. The van der Waals surface area contributed by atoms with Crippen LogP contribution in [0.1, 0.15) is 30.1 Å². The summed E-state index contributed by atoms with van der Waals surface area (Å²) in [5.74, 6) is 2.63. The number of aromatic nitrogens is 1. The number of nitrogens with one attached hydrogen (secondary N) is 3. The number of amides is 1. The molecule has 0 spiro atoms. The average molecular weight is 490 g/mol. The van der Waals surface area contributed by atoms with Crippen LogP contribution in [0.3, 0.4) is 0 Å². The second kappa shape index (κ2) is 12.6. The zero-order valence-electron chi connectivity index (χ0n) is 17.5. The van der Waals surface area contributed by atoms with Gasteiger partial charge in [-0.05, 0) is 30.7 Å². The lowest BCUT2D eigenvalue weighted by Crippen LogP contribution is -2.42. The van der Waals surface area contributed by atoms with Crippen LogP contribution in [0.4, 0.5) is 5.82 Å². The summed E-state index contributed by atoms with van der Waals surface area (Å²) in [7, 11) is 1.62. The van der Waals surface area contributed by atoms with Gasteiger partial charge >= 0.3 is 0 Å². The molecule has 3 N–H and O–H groups in total. The standard InChI is InChI=1S/C21H27N7O2.BrH/c1-23-19(29)6-9-26-21(28-12-7-17(15-28)18-5-3-13-30-18)27-11-10-25-20-16(14-22)4-2-8-24-20;/h2-5,8,13,17H,6-7,9-12,15H2,1H3,(H,23,29)(H,24,25)(H,26,27);1H. The minimum absolute atomic E-state index is 0. The first kappa shape index (κ1) is 24.2. The zero-order valence-corrected chi connectivity index (χ0v) is 19.2. The lowest BCUT2D eigenvalue weighted by Gasteiger charge is -2.22. The highest BCUT2D eigenvalue weighted by Crippen LogP contribution is 2.27. The Hall–Kier alpha value is -3.06. The highest BCUT2D eigenvalue weighted by Gasteiger charge is 2.27. The van der Waals surface area contributed by atoms with Gasteiger partial charge in [0.25, 0.3) is 0 Å². The highest BCUT2D eigenvalue weighted by atomic mass is 79.9. The van der Waals surface area contributed by atoms with E-state index in [2.05, 4.69) is 36.9 Å². The van der Waals surface area contributed by atoms with E-state index in [9.17, 15) is 4.79 Å². The molecule has 0 radical (unpaired) electrons. The molecular formula is C21H28BrN7O2. The van der Waals surface area contributed by atoms with Crippen molar-refractivity contribution in [3.8, 4) is 6.07 Å². The molecule has 3 heterocycles. The predicted molar refractivity (Wildman–Crippen MR) is 124 cm³/mol. The van der Waals surface area contributed by atoms with Crippen molar-refractivity contribution in [3.05, 3.63) is 48.0 Å². The molecule has 1 amide bonds. The van der Waals surface area contributed by atoms with Gasteiger partial charge in [0.15, 0.2) is 5.96 Å². The first-order chi connectivity index (χ1) is 14.7. The number of nitriles is 1. The molecule has 0 saturated carbocycles. The average Bonchev–Trinajstić information content (AvgIpc) is 3.47. The SMILES string of the molecule is Br.CNC(=O)CCN=C(NCCNc1ncccc1C#N)N1CCC(c2ccco2)C1. The molecule has 2 aromatic heterocycles. The maximum Gasteiger partial charge on any atom is 0.221 e. The smallest absolute Gasteiger partial charge is 0.221 e. The second-order valence-corrected chi connectivity index (χ2v) is 6.94. The third-order valence-electron chi connectivity index (χ3n) is 4.94. The van der Waals surface area contributed by atoms with Crippen LogP contribution in [0.5, 0.6) is 0 Å². The number of pyridine rings is 1. The van der Waals surface area contributed by atoms with E-state index in [1.165, 1.54) is 0 Å². The van der Waals surface area contributed by atoms with Gasteiger partial charge in [-0.2, -0.15) is 5.26 Å². The Morgan fingerprint density at radius 1 is 1.39 bits per heavy atom. The van der Waals surface area contributed by atoms with Crippen LogP contribution in [-0.4, -0.2) is 61.5 Å². The van der Waals surface area contributed by atoms with Gasteiger partial charge in [-0.3, -0.25) is 9.79 Å². The molecule has 31 heavy (non-hydrogen) atoms. The number of likely N-dealkylation sites (tertiary alicyclic amines) is 1. The normalized spacial score (nSPS) is 15.7. The van der Waals surface area contributed by atoms with E-state index in [0.717, 1.165) is 31.2 Å². The van der Waals surface area contributed by atoms with Crippen LogP contribution in [0, 0.1) is 11.3 Å². The molecule has 166 valence electrons. The molecule has 0 bridgehead atoms. The first-order valence-electron chi connectivity index (χ1n) is 10.1. The summed E-state index contributed by atoms with van der Waals surface area (Å²) >= 11 is 0. The van der Waals surface area contributed by atoms with Crippen molar-refractivity contribution in [1.29, 1.82) is 5.26 Å². The van der Waals surface area contributed by atoms with Gasteiger partial charge in [-0.1, -0.05) is 0 Å². The largest absolute Gasteiger partial charge is 0.469 e. The fraction of sp³-hybridized carbons (Fsp3) is 0.429. The van der Waals surface area contributed by atoms with Crippen molar-refractivity contribution < 1.29 is 9.21 Å². The van der Waals surface area contributed by atoms with Crippen LogP contribution in [0.15, 0.2) is 46.1 Å². The van der Waals surface area contributed by atoms with E-state index >= 15 is 0 Å². The second-order valence-electron chi connectivity index (χ2n) is 6.94. The molecule has 1 saturated heterocycles. The van der Waals surface area contributed by atoms with Gasteiger partial charge in [0.2, 0.25) is 5.91 Å². The third-order valence-corrected chi connectivity index (χ3v) is 4.94. The molecular weight excluding hydrogens is 462 g/mol. The summed E-state index contributed by atoms with van der Waals surface area (Å²) in [6, 6.07) is 9.51. The van der Waals surface area contributed by atoms with Crippen molar-refractivity contribution >= 4 is 34.7 Å². The maximum atomic E-state index is 11.5. The Morgan fingerprint density at radius 2 is 2.26 bits per heavy atom. The van der Waals surface area contributed by atoms with Crippen molar-refractivity contribution in [2.45, 2.75) is 18.8 Å². The lowest BCUT2D eigenvalue weighted by molar-refractivity contribution is -0.120. The van der Waals surface area contributed by atoms with Gasteiger partial charge in [0.05, 0.1) is 18.4 Å². The van der Waals surface area contributed by atoms with Crippen molar-refractivity contribution in [1.82, 2.24) is 20.5 Å².